The van der Waals surface area contributed by atoms with E-state index in [0.717, 1.165) is 17.9 Å². The van der Waals surface area contributed by atoms with Gasteiger partial charge in [-0.3, -0.25) is 4.98 Å². The summed E-state index contributed by atoms with van der Waals surface area (Å²) < 4.78 is 0. The van der Waals surface area contributed by atoms with Crippen LogP contribution in [0.25, 0.3) is 0 Å². The molecule has 0 aliphatic heterocycles. The lowest BCUT2D eigenvalue weighted by molar-refractivity contribution is 0.276. The molecule has 1 aromatic rings. The second-order valence-corrected chi connectivity index (χ2v) is 3.34. The van der Waals surface area contributed by atoms with Gasteiger partial charge in [0.05, 0.1) is 24.7 Å². The van der Waals surface area contributed by atoms with Gasteiger partial charge in [0.15, 0.2) is 0 Å². The summed E-state index contributed by atoms with van der Waals surface area (Å²) in [4.78, 5) is 10.2. The number of likely N-dealkylation sites (N-methyl/N-ethyl adjacent to an activating group) is 1. The summed E-state index contributed by atoms with van der Waals surface area (Å²) in [6, 6.07) is 0. The molecule has 4 nitrogen and oxygen atoms in total. The number of hydrogen-bond acceptors (Lipinski definition) is 4. The Morgan fingerprint density at radius 1 is 1.50 bits per heavy atom. The van der Waals surface area contributed by atoms with Gasteiger partial charge in [0.1, 0.15) is 5.82 Å². The number of rotatable bonds is 4. The second kappa shape index (κ2) is 4.72. The van der Waals surface area contributed by atoms with E-state index in [2.05, 4.69) is 16.5 Å². The van der Waals surface area contributed by atoms with Crippen molar-refractivity contribution < 1.29 is 5.11 Å². The number of aromatic nitrogens is 2. The standard InChI is InChI=1S/C10H15N3O/c1-8(2)6-13(3)10-5-11-9(7-14)4-12-10/h4-5,14H,1,6-7H2,2-3H3. The summed E-state index contributed by atoms with van der Waals surface area (Å²) in [7, 11) is 1.93. The van der Waals surface area contributed by atoms with Crippen molar-refractivity contribution in [3.63, 3.8) is 0 Å². The van der Waals surface area contributed by atoms with Crippen LogP contribution in [0.15, 0.2) is 24.5 Å². The highest BCUT2D eigenvalue weighted by molar-refractivity contribution is 5.36. The molecule has 76 valence electrons. The lowest BCUT2D eigenvalue weighted by Gasteiger charge is -2.17. The summed E-state index contributed by atoms with van der Waals surface area (Å²) in [6.07, 6.45) is 3.22. The largest absolute Gasteiger partial charge is 0.390 e. The minimum atomic E-state index is -0.0719. The molecule has 0 aliphatic rings. The Bertz CT molecular complexity index is 308. The van der Waals surface area contributed by atoms with Crippen LogP contribution in [-0.2, 0) is 6.61 Å². The number of anilines is 1. The minimum Gasteiger partial charge on any atom is -0.390 e. The smallest absolute Gasteiger partial charge is 0.147 e. The highest BCUT2D eigenvalue weighted by atomic mass is 16.3. The van der Waals surface area contributed by atoms with Crippen molar-refractivity contribution in [2.75, 3.05) is 18.5 Å². The van der Waals surface area contributed by atoms with E-state index < -0.39 is 0 Å². The molecule has 1 aromatic heterocycles. The fourth-order valence-electron chi connectivity index (χ4n) is 1.11. The molecule has 1 heterocycles. The molecule has 4 heteroatoms. The molecule has 0 aromatic carbocycles. The van der Waals surface area contributed by atoms with Crippen LogP contribution in [0, 0.1) is 0 Å². The lowest BCUT2D eigenvalue weighted by atomic mass is 10.3. The molecule has 0 atom stereocenters. The van der Waals surface area contributed by atoms with Gasteiger partial charge in [-0.05, 0) is 6.92 Å². The summed E-state index contributed by atoms with van der Waals surface area (Å²) >= 11 is 0. The first-order chi connectivity index (χ1) is 6.63. The summed E-state index contributed by atoms with van der Waals surface area (Å²) in [6.45, 7) is 6.47. The van der Waals surface area contributed by atoms with Crippen LogP contribution in [0.2, 0.25) is 0 Å². The van der Waals surface area contributed by atoms with E-state index in [-0.39, 0.29) is 6.61 Å². The second-order valence-electron chi connectivity index (χ2n) is 3.34. The predicted molar refractivity (Wildman–Crippen MR) is 56.0 cm³/mol. The summed E-state index contributed by atoms with van der Waals surface area (Å²) in [5.41, 5.74) is 1.65. The first-order valence-electron chi connectivity index (χ1n) is 4.40. The van der Waals surface area contributed by atoms with Gasteiger partial charge in [0, 0.05) is 13.6 Å². The highest BCUT2D eigenvalue weighted by Gasteiger charge is 2.02. The topological polar surface area (TPSA) is 49.2 Å². The van der Waals surface area contributed by atoms with E-state index in [1.807, 2.05) is 18.9 Å². The number of hydrogen-bond donors (Lipinski definition) is 1. The molecule has 0 amide bonds. The SMILES string of the molecule is C=C(C)CN(C)c1cnc(CO)cn1. The molecule has 0 fully saturated rings. The van der Waals surface area contributed by atoms with Crippen molar-refractivity contribution in [1.29, 1.82) is 0 Å². The maximum atomic E-state index is 8.78. The van der Waals surface area contributed by atoms with E-state index in [1.165, 1.54) is 0 Å². The fraction of sp³-hybridized carbons (Fsp3) is 0.400. The van der Waals surface area contributed by atoms with Crippen LogP contribution in [0.5, 0.6) is 0 Å². The maximum absolute atomic E-state index is 8.78. The molecule has 1 rings (SSSR count). The van der Waals surface area contributed by atoms with Crippen molar-refractivity contribution in [3.05, 3.63) is 30.2 Å². The van der Waals surface area contributed by atoms with Crippen molar-refractivity contribution >= 4 is 5.82 Å². The molecule has 0 saturated heterocycles. The first-order valence-corrected chi connectivity index (χ1v) is 4.40. The van der Waals surface area contributed by atoms with Crippen molar-refractivity contribution in [2.24, 2.45) is 0 Å². The Hall–Kier alpha value is -1.42. The van der Waals surface area contributed by atoms with Gasteiger partial charge in [-0.1, -0.05) is 12.2 Å². The van der Waals surface area contributed by atoms with Crippen LogP contribution in [0.1, 0.15) is 12.6 Å². The van der Waals surface area contributed by atoms with Gasteiger partial charge in [0.2, 0.25) is 0 Å². The Morgan fingerprint density at radius 2 is 2.21 bits per heavy atom. The molecule has 0 saturated carbocycles. The van der Waals surface area contributed by atoms with Crippen molar-refractivity contribution in [1.82, 2.24) is 9.97 Å². The van der Waals surface area contributed by atoms with Crippen LogP contribution >= 0.6 is 0 Å². The van der Waals surface area contributed by atoms with Gasteiger partial charge < -0.3 is 10.0 Å². The van der Waals surface area contributed by atoms with Crippen molar-refractivity contribution in [3.8, 4) is 0 Å². The Kier molecular flexibility index (Phi) is 3.59. The molecule has 1 N–H and O–H groups in total. The molecule has 14 heavy (non-hydrogen) atoms. The van der Waals surface area contributed by atoms with E-state index >= 15 is 0 Å². The molecule has 0 unspecified atom stereocenters. The monoisotopic (exact) mass is 193 g/mol. The zero-order chi connectivity index (χ0) is 10.6. The van der Waals surface area contributed by atoms with Gasteiger partial charge in [0.25, 0.3) is 0 Å². The molecular weight excluding hydrogens is 178 g/mol. The first kappa shape index (κ1) is 10.7. The summed E-state index contributed by atoms with van der Waals surface area (Å²) in [5, 5.41) is 8.78. The zero-order valence-electron chi connectivity index (χ0n) is 8.56. The normalized spacial score (nSPS) is 9.93. The Labute approximate surface area is 83.9 Å². The third-order valence-electron chi connectivity index (χ3n) is 1.75. The fourth-order valence-corrected chi connectivity index (χ4v) is 1.11. The Balaban J connectivity index is 2.71. The number of nitrogens with zero attached hydrogens (tertiary/aromatic N) is 3. The molecule has 0 spiro atoms. The van der Waals surface area contributed by atoms with Gasteiger partial charge in [-0.15, -0.1) is 0 Å². The van der Waals surface area contributed by atoms with Crippen LogP contribution < -0.4 is 4.90 Å². The third kappa shape index (κ3) is 2.81. The lowest BCUT2D eigenvalue weighted by Crippen LogP contribution is -2.20. The van der Waals surface area contributed by atoms with Gasteiger partial charge in [-0.25, -0.2) is 4.98 Å². The average molecular weight is 193 g/mol. The predicted octanol–water partition coefficient (Wildman–Crippen LogP) is 0.981. The van der Waals surface area contributed by atoms with E-state index in [4.69, 9.17) is 5.11 Å². The minimum absolute atomic E-state index is 0.0719. The average Bonchev–Trinajstić information content (AvgIpc) is 2.17. The zero-order valence-corrected chi connectivity index (χ0v) is 8.56. The molecule has 0 aliphatic carbocycles. The van der Waals surface area contributed by atoms with E-state index in [0.29, 0.717) is 5.69 Å². The van der Waals surface area contributed by atoms with Crippen LogP contribution in [0.4, 0.5) is 5.82 Å². The van der Waals surface area contributed by atoms with Crippen LogP contribution in [0.3, 0.4) is 0 Å². The number of aliphatic hydroxyl groups is 1. The van der Waals surface area contributed by atoms with E-state index in [9.17, 15) is 0 Å². The molecule has 0 radical (unpaired) electrons. The Morgan fingerprint density at radius 3 is 2.64 bits per heavy atom. The van der Waals surface area contributed by atoms with Gasteiger partial charge in [-0.2, -0.15) is 0 Å². The van der Waals surface area contributed by atoms with Crippen LogP contribution in [-0.4, -0.2) is 28.7 Å². The van der Waals surface area contributed by atoms with Gasteiger partial charge >= 0.3 is 0 Å². The molecular formula is C10H15N3O. The number of aliphatic hydroxyl groups excluding tert-OH is 1. The van der Waals surface area contributed by atoms with Crippen molar-refractivity contribution in [2.45, 2.75) is 13.5 Å². The molecule has 0 bridgehead atoms. The quantitative estimate of drug-likeness (QED) is 0.724. The third-order valence-corrected chi connectivity index (χ3v) is 1.75. The van der Waals surface area contributed by atoms with E-state index in [1.54, 1.807) is 12.4 Å². The summed E-state index contributed by atoms with van der Waals surface area (Å²) in [5.74, 6) is 0.783. The highest BCUT2D eigenvalue weighted by Crippen LogP contribution is 2.07. The maximum Gasteiger partial charge on any atom is 0.147 e.